The van der Waals surface area contributed by atoms with E-state index >= 15 is 0 Å². The van der Waals surface area contributed by atoms with Crippen LogP contribution in [0.4, 0.5) is 5.69 Å². The zero-order valence-electron chi connectivity index (χ0n) is 9.21. The highest BCUT2D eigenvalue weighted by Gasteiger charge is 2.14. The molecule has 0 bridgehead atoms. The second-order valence-electron chi connectivity index (χ2n) is 4.34. The lowest BCUT2D eigenvalue weighted by molar-refractivity contribution is 0.443. The molecule has 1 fully saturated rings. The monoisotopic (exact) mass is 204 g/mol. The van der Waals surface area contributed by atoms with Gasteiger partial charge in [-0.3, -0.25) is 0 Å². The molecule has 0 atom stereocenters. The summed E-state index contributed by atoms with van der Waals surface area (Å²) in [4.78, 5) is 0. The fraction of sp³-hybridized carbons (Fsp3) is 0.538. The number of nitrogens with one attached hydrogen (secondary N) is 1. The molecule has 82 valence electrons. The third-order valence-electron chi connectivity index (χ3n) is 3.29. The Morgan fingerprint density at radius 2 is 1.73 bits per heavy atom. The summed E-state index contributed by atoms with van der Waals surface area (Å²) in [6, 6.07) is 8.76. The average molecular weight is 204 g/mol. The zero-order chi connectivity index (χ0) is 10.5. The number of benzene rings is 1. The van der Waals surface area contributed by atoms with Gasteiger partial charge in [0, 0.05) is 5.69 Å². The van der Waals surface area contributed by atoms with Crippen molar-refractivity contribution in [1.82, 2.24) is 0 Å². The molecule has 0 saturated heterocycles. The van der Waals surface area contributed by atoms with Crippen molar-refractivity contribution in [2.24, 2.45) is 5.73 Å². The van der Waals surface area contributed by atoms with Gasteiger partial charge in [0.15, 0.2) is 0 Å². The van der Waals surface area contributed by atoms with Crippen LogP contribution in [0.5, 0.6) is 0 Å². The van der Waals surface area contributed by atoms with Crippen molar-refractivity contribution in [1.29, 1.82) is 0 Å². The van der Waals surface area contributed by atoms with Crippen LogP contribution in [0.3, 0.4) is 0 Å². The van der Waals surface area contributed by atoms with Gasteiger partial charge < -0.3 is 11.1 Å². The standard InChI is InChI=1S/C13H20N2/c14-10-15-13-8-6-12(7-9-13)11-4-2-1-3-5-11/h6-9,11,15H,1-5,10,14H2. The van der Waals surface area contributed by atoms with Crippen molar-refractivity contribution in [3.05, 3.63) is 29.8 Å². The van der Waals surface area contributed by atoms with Crippen LogP contribution in [0.1, 0.15) is 43.6 Å². The highest BCUT2D eigenvalue weighted by molar-refractivity contribution is 5.45. The van der Waals surface area contributed by atoms with E-state index in [4.69, 9.17) is 5.73 Å². The Hall–Kier alpha value is -1.02. The molecule has 2 nitrogen and oxygen atoms in total. The van der Waals surface area contributed by atoms with Gasteiger partial charge in [-0.2, -0.15) is 0 Å². The summed E-state index contributed by atoms with van der Waals surface area (Å²) >= 11 is 0. The molecule has 0 unspecified atom stereocenters. The molecule has 2 rings (SSSR count). The Balaban J connectivity index is 2.02. The second kappa shape index (κ2) is 5.17. The molecule has 1 aromatic rings. The molecule has 0 aliphatic heterocycles. The number of hydrogen-bond acceptors (Lipinski definition) is 2. The Labute approximate surface area is 91.9 Å². The van der Waals surface area contributed by atoms with E-state index in [9.17, 15) is 0 Å². The first-order valence-corrected chi connectivity index (χ1v) is 5.94. The molecule has 2 heteroatoms. The lowest BCUT2D eigenvalue weighted by Crippen LogP contribution is -2.10. The molecular weight excluding hydrogens is 184 g/mol. The lowest BCUT2D eigenvalue weighted by atomic mass is 9.84. The summed E-state index contributed by atoms with van der Waals surface area (Å²) in [5, 5.41) is 3.12. The predicted octanol–water partition coefficient (Wildman–Crippen LogP) is 3.06. The fourth-order valence-electron chi connectivity index (χ4n) is 2.43. The number of nitrogens with two attached hydrogens (primary N) is 1. The molecule has 0 heterocycles. The molecule has 0 radical (unpaired) electrons. The van der Waals surface area contributed by atoms with E-state index in [-0.39, 0.29) is 0 Å². The van der Waals surface area contributed by atoms with Crippen LogP contribution >= 0.6 is 0 Å². The van der Waals surface area contributed by atoms with Gasteiger partial charge >= 0.3 is 0 Å². The van der Waals surface area contributed by atoms with Crippen molar-refractivity contribution >= 4 is 5.69 Å². The Morgan fingerprint density at radius 3 is 2.33 bits per heavy atom. The highest BCUT2D eigenvalue weighted by atomic mass is 15.0. The SMILES string of the molecule is NCNc1ccc(C2CCCCC2)cc1. The summed E-state index contributed by atoms with van der Waals surface area (Å²) in [7, 11) is 0. The molecule has 1 aromatic carbocycles. The average Bonchev–Trinajstić information content (AvgIpc) is 2.32. The van der Waals surface area contributed by atoms with Crippen LogP contribution < -0.4 is 11.1 Å². The molecule has 0 amide bonds. The zero-order valence-corrected chi connectivity index (χ0v) is 9.21. The number of anilines is 1. The van der Waals surface area contributed by atoms with E-state index in [0.29, 0.717) is 6.67 Å². The Kier molecular flexibility index (Phi) is 3.62. The van der Waals surface area contributed by atoms with E-state index < -0.39 is 0 Å². The lowest BCUT2D eigenvalue weighted by Gasteiger charge is -2.22. The molecule has 3 N–H and O–H groups in total. The summed E-state index contributed by atoms with van der Waals surface area (Å²) in [5.74, 6) is 0.797. The van der Waals surface area contributed by atoms with Crippen LogP contribution in [0.15, 0.2) is 24.3 Å². The van der Waals surface area contributed by atoms with Crippen molar-refractivity contribution in [3.8, 4) is 0 Å². The first kappa shape index (κ1) is 10.5. The summed E-state index contributed by atoms with van der Waals surface area (Å²) < 4.78 is 0. The summed E-state index contributed by atoms with van der Waals surface area (Å²) in [5.41, 5.74) is 8.05. The molecule has 1 aliphatic carbocycles. The second-order valence-corrected chi connectivity index (χ2v) is 4.34. The smallest absolute Gasteiger partial charge is 0.0628 e. The van der Waals surface area contributed by atoms with Gasteiger partial charge in [0.05, 0.1) is 6.67 Å². The van der Waals surface area contributed by atoms with Gasteiger partial charge in [0.1, 0.15) is 0 Å². The van der Waals surface area contributed by atoms with Crippen LogP contribution in [0, 0.1) is 0 Å². The van der Waals surface area contributed by atoms with Gasteiger partial charge in [-0.25, -0.2) is 0 Å². The first-order valence-electron chi connectivity index (χ1n) is 5.94. The maximum absolute atomic E-state index is 5.43. The minimum atomic E-state index is 0.503. The molecule has 1 saturated carbocycles. The van der Waals surface area contributed by atoms with E-state index in [0.717, 1.165) is 11.6 Å². The Bertz CT molecular complexity index is 286. The topological polar surface area (TPSA) is 38.0 Å². The van der Waals surface area contributed by atoms with E-state index in [1.54, 1.807) is 0 Å². The van der Waals surface area contributed by atoms with E-state index in [1.165, 1.54) is 37.7 Å². The van der Waals surface area contributed by atoms with E-state index in [2.05, 4.69) is 29.6 Å². The largest absolute Gasteiger partial charge is 0.373 e. The van der Waals surface area contributed by atoms with Crippen LogP contribution in [0.25, 0.3) is 0 Å². The van der Waals surface area contributed by atoms with Crippen molar-refractivity contribution < 1.29 is 0 Å². The Morgan fingerprint density at radius 1 is 1.07 bits per heavy atom. The van der Waals surface area contributed by atoms with Crippen molar-refractivity contribution in [2.45, 2.75) is 38.0 Å². The fourth-order valence-corrected chi connectivity index (χ4v) is 2.43. The third-order valence-corrected chi connectivity index (χ3v) is 3.29. The minimum Gasteiger partial charge on any atom is -0.373 e. The van der Waals surface area contributed by atoms with Gasteiger partial charge in [-0.1, -0.05) is 31.4 Å². The molecule has 0 aromatic heterocycles. The van der Waals surface area contributed by atoms with Gasteiger partial charge in [0.2, 0.25) is 0 Å². The number of hydrogen-bond donors (Lipinski definition) is 2. The first-order chi connectivity index (χ1) is 7.40. The molecule has 1 aliphatic rings. The van der Waals surface area contributed by atoms with Gasteiger partial charge in [-0.15, -0.1) is 0 Å². The van der Waals surface area contributed by atoms with Crippen LogP contribution in [-0.2, 0) is 0 Å². The highest BCUT2D eigenvalue weighted by Crippen LogP contribution is 2.32. The van der Waals surface area contributed by atoms with Crippen LogP contribution in [-0.4, -0.2) is 6.67 Å². The molecular formula is C13H20N2. The maximum Gasteiger partial charge on any atom is 0.0628 e. The van der Waals surface area contributed by atoms with Gasteiger partial charge in [-0.05, 0) is 36.5 Å². The molecule has 0 spiro atoms. The third kappa shape index (κ3) is 2.72. The predicted molar refractivity (Wildman–Crippen MR) is 64.9 cm³/mol. The minimum absolute atomic E-state index is 0.503. The van der Waals surface area contributed by atoms with Crippen molar-refractivity contribution in [3.63, 3.8) is 0 Å². The van der Waals surface area contributed by atoms with Gasteiger partial charge in [0.25, 0.3) is 0 Å². The maximum atomic E-state index is 5.43. The summed E-state index contributed by atoms with van der Waals surface area (Å²) in [6.07, 6.45) is 6.94. The van der Waals surface area contributed by atoms with E-state index in [1.807, 2.05) is 0 Å². The van der Waals surface area contributed by atoms with Crippen molar-refractivity contribution in [2.75, 3.05) is 12.0 Å². The summed E-state index contributed by atoms with van der Waals surface area (Å²) in [6.45, 7) is 0.503. The van der Waals surface area contributed by atoms with Crippen LogP contribution in [0.2, 0.25) is 0 Å². The normalized spacial score (nSPS) is 17.7. The molecule has 15 heavy (non-hydrogen) atoms. The number of rotatable bonds is 3. The quantitative estimate of drug-likeness (QED) is 0.743.